The summed E-state index contributed by atoms with van der Waals surface area (Å²) in [5.74, 6) is 1.91. The molecule has 1 fully saturated rings. The summed E-state index contributed by atoms with van der Waals surface area (Å²) in [5.41, 5.74) is 0. The van der Waals surface area contributed by atoms with Gasteiger partial charge in [-0.25, -0.2) is 4.98 Å². The second kappa shape index (κ2) is 8.27. The van der Waals surface area contributed by atoms with Crippen LogP contribution in [0, 0.1) is 5.92 Å². The Morgan fingerprint density at radius 1 is 1.45 bits per heavy atom. The molecule has 20 heavy (non-hydrogen) atoms. The van der Waals surface area contributed by atoms with Gasteiger partial charge in [-0.3, -0.25) is 0 Å². The minimum Gasteiger partial charge on any atom is -0.385 e. The first-order valence-electron chi connectivity index (χ1n) is 7.81. The van der Waals surface area contributed by atoms with E-state index in [1.807, 2.05) is 6.20 Å². The monoisotopic (exact) mass is 280 g/mol. The highest BCUT2D eigenvalue weighted by atomic mass is 16.5. The Morgan fingerprint density at radius 2 is 2.25 bits per heavy atom. The fraction of sp³-hybridized carbons (Fsp3) is 0.800. The van der Waals surface area contributed by atoms with Gasteiger partial charge in [-0.15, -0.1) is 0 Å². The third kappa shape index (κ3) is 4.21. The van der Waals surface area contributed by atoms with Crippen LogP contribution in [-0.2, 0) is 11.3 Å². The molecule has 1 aromatic rings. The third-order valence-electron chi connectivity index (χ3n) is 4.04. The summed E-state index contributed by atoms with van der Waals surface area (Å²) in [7, 11) is 1.75. The van der Waals surface area contributed by atoms with Gasteiger partial charge in [0.25, 0.3) is 0 Å². The fourth-order valence-corrected chi connectivity index (χ4v) is 2.87. The summed E-state index contributed by atoms with van der Waals surface area (Å²) in [4.78, 5) is 6.98. The Balaban J connectivity index is 1.94. The highest BCUT2D eigenvalue weighted by Crippen LogP contribution is 2.18. The first kappa shape index (κ1) is 15.3. The Labute approximate surface area is 122 Å². The van der Waals surface area contributed by atoms with Crippen LogP contribution in [-0.4, -0.2) is 49.4 Å². The first-order valence-corrected chi connectivity index (χ1v) is 7.81. The van der Waals surface area contributed by atoms with Crippen LogP contribution in [0.3, 0.4) is 0 Å². The molecule has 2 rings (SSSR count). The topological polar surface area (TPSA) is 42.3 Å². The summed E-state index contributed by atoms with van der Waals surface area (Å²) < 4.78 is 7.39. The van der Waals surface area contributed by atoms with Crippen LogP contribution >= 0.6 is 0 Å². The highest BCUT2D eigenvalue weighted by molar-refractivity contribution is 5.31. The second-order valence-corrected chi connectivity index (χ2v) is 5.50. The number of methoxy groups -OCH3 is 1. The summed E-state index contributed by atoms with van der Waals surface area (Å²) in [6, 6.07) is 0. The largest absolute Gasteiger partial charge is 0.385 e. The SMILES string of the molecule is CCN(CC1CCNCC1)c1nccn1CCCOC. The number of imidazole rings is 1. The van der Waals surface area contributed by atoms with Gasteiger partial charge in [0.1, 0.15) is 0 Å². The van der Waals surface area contributed by atoms with Crippen molar-refractivity contribution in [1.29, 1.82) is 0 Å². The number of aryl methyl sites for hydroxylation is 1. The lowest BCUT2D eigenvalue weighted by Crippen LogP contribution is -2.37. The molecule has 114 valence electrons. The van der Waals surface area contributed by atoms with Crippen LogP contribution in [0.2, 0.25) is 0 Å². The van der Waals surface area contributed by atoms with Crippen molar-refractivity contribution in [1.82, 2.24) is 14.9 Å². The molecule has 1 aliphatic heterocycles. The number of rotatable bonds is 8. The number of ether oxygens (including phenoxy) is 1. The number of anilines is 1. The average Bonchev–Trinajstić information content (AvgIpc) is 2.94. The van der Waals surface area contributed by atoms with Crippen LogP contribution in [0.25, 0.3) is 0 Å². The Morgan fingerprint density at radius 3 is 2.95 bits per heavy atom. The van der Waals surface area contributed by atoms with Crippen LogP contribution < -0.4 is 10.2 Å². The molecule has 1 N–H and O–H groups in total. The van der Waals surface area contributed by atoms with Gasteiger partial charge in [-0.05, 0) is 45.2 Å². The van der Waals surface area contributed by atoms with Gasteiger partial charge < -0.3 is 19.5 Å². The van der Waals surface area contributed by atoms with Crippen molar-refractivity contribution in [2.24, 2.45) is 5.92 Å². The maximum Gasteiger partial charge on any atom is 0.205 e. The highest BCUT2D eigenvalue weighted by Gasteiger charge is 2.18. The standard InChI is InChI=1S/C15H28N4O/c1-3-18(13-14-5-7-16-8-6-14)15-17-9-11-19(15)10-4-12-20-2/h9,11,14,16H,3-8,10,12-13H2,1-2H3. The minimum absolute atomic E-state index is 0.792. The Hall–Kier alpha value is -1.07. The molecule has 0 aromatic carbocycles. The van der Waals surface area contributed by atoms with Gasteiger partial charge in [-0.1, -0.05) is 0 Å². The summed E-state index contributed by atoms with van der Waals surface area (Å²) in [5, 5.41) is 3.43. The van der Waals surface area contributed by atoms with Gasteiger partial charge in [0.15, 0.2) is 0 Å². The lowest BCUT2D eigenvalue weighted by Gasteiger charge is -2.30. The number of nitrogens with zero attached hydrogens (tertiary/aromatic N) is 3. The molecule has 1 saturated heterocycles. The minimum atomic E-state index is 0.792. The normalized spacial score (nSPS) is 16.5. The fourth-order valence-electron chi connectivity index (χ4n) is 2.87. The molecular formula is C15H28N4O. The maximum absolute atomic E-state index is 5.13. The molecule has 1 aliphatic rings. The molecule has 0 bridgehead atoms. The number of hydrogen-bond donors (Lipinski definition) is 1. The van der Waals surface area contributed by atoms with E-state index in [0.717, 1.165) is 57.6 Å². The van der Waals surface area contributed by atoms with E-state index >= 15 is 0 Å². The van der Waals surface area contributed by atoms with Crippen molar-refractivity contribution >= 4 is 5.95 Å². The van der Waals surface area contributed by atoms with E-state index in [4.69, 9.17) is 4.74 Å². The smallest absolute Gasteiger partial charge is 0.205 e. The average molecular weight is 280 g/mol. The van der Waals surface area contributed by atoms with E-state index < -0.39 is 0 Å². The van der Waals surface area contributed by atoms with E-state index in [0.29, 0.717) is 0 Å². The molecule has 0 unspecified atom stereocenters. The van der Waals surface area contributed by atoms with Crippen molar-refractivity contribution in [3.63, 3.8) is 0 Å². The van der Waals surface area contributed by atoms with Gasteiger partial charge in [0.2, 0.25) is 5.95 Å². The summed E-state index contributed by atoms with van der Waals surface area (Å²) >= 11 is 0. The second-order valence-electron chi connectivity index (χ2n) is 5.50. The van der Waals surface area contributed by atoms with Crippen LogP contribution in [0.1, 0.15) is 26.2 Å². The summed E-state index contributed by atoms with van der Waals surface area (Å²) in [6.07, 6.45) is 7.58. The van der Waals surface area contributed by atoms with Gasteiger partial charge >= 0.3 is 0 Å². The third-order valence-corrected chi connectivity index (χ3v) is 4.04. The van der Waals surface area contributed by atoms with Gasteiger partial charge in [0.05, 0.1) is 0 Å². The molecule has 0 amide bonds. The van der Waals surface area contributed by atoms with Crippen molar-refractivity contribution in [3.8, 4) is 0 Å². The molecule has 5 heteroatoms. The quantitative estimate of drug-likeness (QED) is 0.737. The van der Waals surface area contributed by atoms with E-state index in [2.05, 4.69) is 32.9 Å². The zero-order chi connectivity index (χ0) is 14.2. The van der Waals surface area contributed by atoms with Crippen LogP contribution in [0.15, 0.2) is 12.4 Å². The molecule has 0 radical (unpaired) electrons. The molecule has 0 aliphatic carbocycles. The van der Waals surface area contributed by atoms with Crippen molar-refractivity contribution in [3.05, 3.63) is 12.4 Å². The van der Waals surface area contributed by atoms with E-state index in [1.54, 1.807) is 7.11 Å². The lowest BCUT2D eigenvalue weighted by atomic mass is 9.98. The number of hydrogen-bond acceptors (Lipinski definition) is 4. The molecular weight excluding hydrogens is 252 g/mol. The number of nitrogens with one attached hydrogen (secondary N) is 1. The van der Waals surface area contributed by atoms with Crippen LogP contribution in [0.5, 0.6) is 0 Å². The van der Waals surface area contributed by atoms with E-state index in [1.165, 1.54) is 12.8 Å². The first-order chi connectivity index (χ1) is 9.85. The van der Waals surface area contributed by atoms with Crippen molar-refractivity contribution < 1.29 is 4.74 Å². The zero-order valence-electron chi connectivity index (χ0n) is 12.8. The molecule has 1 aromatic heterocycles. The molecule has 0 saturated carbocycles. The lowest BCUT2D eigenvalue weighted by molar-refractivity contribution is 0.190. The molecule has 0 spiro atoms. The van der Waals surface area contributed by atoms with Gasteiger partial charge in [-0.2, -0.15) is 0 Å². The predicted molar refractivity (Wildman–Crippen MR) is 82.2 cm³/mol. The zero-order valence-corrected chi connectivity index (χ0v) is 12.8. The predicted octanol–water partition coefficient (Wildman–Crippen LogP) is 1.75. The van der Waals surface area contributed by atoms with E-state index in [-0.39, 0.29) is 0 Å². The van der Waals surface area contributed by atoms with Crippen molar-refractivity contribution in [2.45, 2.75) is 32.7 Å². The van der Waals surface area contributed by atoms with Crippen LogP contribution in [0.4, 0.5) is 5.95 Å². The van der Waals surface area contributed by atoms with Gasteiger partial charge in [0, 0.05) is 45.7 Å². The molecule has 2 heterocycles. The van der Waals surface area contributed by atoms with E-state index in [9.17, 15) is 0 Å². The number of piperidine rings is 1. The number of aromatic nitrogens is 2. The Bertz CT molecular complexity index is 374. The molecule has 0 atom stereocenters. The Kier molecular flexibility index (Phi) is 6.33. The van der Waals surface area contributed by atoms with Crippen molar-refractivity contribution in [2.75, 3.05) is 44.8 Å². The summed E-state index contributed by atoms with van der Waals surface area (Å²) in [6.45, 7) is 8.46. The maximum atomic E-state index is 5.13. The molecule has 5 nitrogen and oxygen atoms in total.